The quantitative estimate of drug-likeness (QED) is 0.589. The molecule has 1 atom stereocenters. The standard InChI is InChI=1S/C22H21N5O2S/c23-16-19(22-25-24-20-14-8-3-9-15-27(20)22)21(17-10-4-1-5-11-17)26-30(28,29)18-12-6-2-7-13-18/h1-2,4-7,10-13,19H,3,8-9,14-15H2/t19-/m0/s1. The molecule has 0 N–H and O–H groups in total. The highest BCUT2D eigenvalue weighted by molar-refractivity contribution is 7.90. The van der Waals surface area contributed by atoms with Crippen molar-refractivity contribution in [2.24, 2.45) is 4.40 Å². The number of aryl methyl sites for hydroxylation is 1. The predicted octanol–water partition coefficient (Wildman–Crippen LogP) is 3.49. The molecule has 8 heteroatoms. The van der Waals surface area contributed by atoms with Crippen molar-refractivity contribution in [3.63, 3.8) is 0 Å². The first kappa shape index (κ1) is 20.0. The van der Waals surface area contributed by atoms with Crippen molar-refractivity contribution in [1.29, 1.82) is 5.26 Å². The molecule has 152 valence electrons. The fraction of sp³-hybridized carbons (Fsp3) is 0.273. The van der Waals surface area contributed by atoms with Gasteiger partial charge in [0.25, 0.3) is 10.0 Å². The SMILES string of the molecule is N#C[C@@H](C(=NS(=O)(=O)c1ccccc1)c1ccccc1)c1nnc2n1CCCCC2. The Balaban J connectivity index is 1.87. The minimum Gasteiger partial charge on any atom is -0.314 e. The molecule has 1 aliphatic rings. The highest BCUT2D eigenvalue weighted by Crippen LogP contribution is 2.26. The van der Waals surface area contributed by atoms with Crippen LogP contribution in [0.15, 0.2) is 70.0 Å². The molecule has 1 aromatic heterocycles. The molecule has 2 aromatic carbocycles. The second-order valence-electron chi connectivity index (χ2n) is 7.13. The number of hydrogen-bond donors (Lipinski definition) is 0. The van der Waals surface area contributed by atoms with Crippen LogP contribution in [0.3, 0.4) is 0 Å². The average molecular weight is 420 g/mol. The average Bonchev–Trinajstić information content (AvgIpc) is 3.02. The first-order valence-electron chi connectivity index (χ1n) is 9.87. The lowest BCUT2D eigenvalue weighted by molar-refractivity contribution is 0.597. The molecule has 2 heterocycles. The van der Waals surface area contributed by atoms with E-state index in [1.54, 1.807) is 42.5 Å². The molecule has 0 fully saturated rings. The second kappa shape index (κ2) is 8.59. The number of rotatable bonds is 5. The lowest BCUT2D eigenvalue weighted by Crippen LogP contribution is -2.20. The van der Waals surface area contributed by atoms with Gasteiger partial charge in [0, 0.05) is 13.0 Å². The van der Waals surface area contributed by atoms with Crippen LogP contribution in [0.1, 0.15) is 42.4 Å². The van der Waals surface area contributed by atoms with E-state index in [1.807, 2.05) is 10.6 Å². The van der Waals surface area contributed by atoms with Crippen molar-refractivity contribution in [3.8, 4) is 6.07 Å². The monoisotopic (exact) mass is 419 g/mol. The van der Waals surface area contributed by atoms with Gasteiger partial charge in [0.2, 0.25) is 0 Å². The van der Waals surface area contributed by atoms with Gasteiger partial charge in [-0.2, -0.15) is 18.1 Å². The summed E-state index contributed by atoms with van der Waals surface area (Å²) in [4.78, 5) is 0.0789. The number of sulfonamides is 1. The molecule has 0 saturated heterocycles. The maximum atomic E-state index is 13.0. The third-order valence-corrected chi connectivity index (χ3v) is 6.43. The van der Waals surface area contributed by atoms with Crippen molar-refractivity contribution in [2.45, 2.75) is 43.0 Å². The van der Waals surface area contributed by atoms with Crippen molar-refractivity contribution in [3.05, 3.63) is 77.9 Å². The first-order chi connectivity index (χ1) is 14.6. The number of nitrogens with zero attached hydrogens (tertiary/aromatic N) is 5. The highest BCUT2D eigenvalue weighted by Gasteiger charge is 2.29. The van der Waals surface area contributed by atoms with Gasteiger partial charge in [-0.3, -0.25) is 0 Å². The van der Waals surface area contributed by atoms with Crippen molar-refractivity contribution < 1.29 is 8.42 Å². The van der Waals surface area contributed by atoms with Gasteiger partial charge in [-0.25, -0.2) is 0 Å². The largest absolute Gasteiger partial charge is 0.314 e. The smallest absolute Gasteiger partial charge is 0.282 e. The second-order valence-corrected chi connectivity index (χ2v) is 8.73. The molecule has 0 bridgehead atoms. The zero-order valence-electron chi connectivity index (χ0n) is 16.3. The van der Waals surface area contributed by atoms with Gasteiger partial charge < -0.3 is 4.57 Å². The van der Waals surface area contributed by atoms with E-state index < -0.39 is 15.9 Å². The molecule has 1 aliphatic heterocycles. The minimum absolute atomic E-state index is 0.0789. The summed E-state index contributed by atoms with van der Waals surface area (Å²) in [6, 6.07) is 19.2. The molecule has 7 nitrogen and oxygen atoms in total. The number of aromatic nitrogens is 3. The molecule has 0 spiro atoms. The van der Waals surface area contributed by atoms with Crippen LogP contribution in [0.5, 0.6) is 0 Å². The molecule has 30 heavy (non-hydrogen) atoms. The van der Waals surface area contributed by atoms with Crippen LogP contribution in [-0.4, -0.2) is 28.9 Å². The van der Waals surface area contributed by atoms with Crippen LogP contribution >= 0.6 is 0 Å². The Bertz CT molecular complexity index is 1200. The molecular weight excluding hydrogens is 398 g/mol. The summed E-state index contributed by atoms with van der Waals surface area (Å²) in [7, 11) is -4.00. The molecule has 0 aliphatic carbocycles. The van der Waals surface area contributed by atoms with Gasteiger partial charge >= 0.3 is 0 Å². The number of hydrogen-bond acceptors (Lipinski definition) is 5. The Morgan fingerprint density at radius 3 is 2.40 bits per heavy atom. The fourth-order valence-corrected chi connectivity index (χ4v) is 4.69. The van der Waals surface area contributed by atoms with Gasteiger partial charge in [0.05, 0.1) is 16.7 Å². The lowest BCUT2D eigenvalue weighted by Gasteiger charge is -2.15. The maximum absolute atomic E-state index is 13.0. The summed E-state index contributed by atoms with van der Waals surface area (Å²) in [5.41, 5.74) is 0.718. The van der Waals surface area contributed by atoms with Crippen LogP contribution in [-0.2, 0) is 23.0 Å². The van der Waals surface area contributed by atoms with Crippen LogP contribution in [0.25, 0.3) is 0 Å². The predicted molar refractivity (Wildman–Crippen MR) is 113 cm³/mol. The third-order valence-electron chi connectivity index (χ3n) is 5.13. The molecule has 0 unspecified atom stereocenters. The summed E-state index contributed by atoms with van der Waals surface area (Å²) in [6.45, 7) is 0.712. The Kier molecular flexibility index (Phi) is 5.72. The first-order valence-corrected chi connectivity index (χ1v) is 11.3. The summed E-state index contributed by atoms with van der Waals surface area (Å²) in [6.07, 6.45) is 3.88. The van der Waals surface area contributed by atoms with Crippen molar-refractivity contribution >= 4 is 15.7 Å². The van der Waals surface area contributed by atoms with E-state index in [4.69, 9.17) is 0 Å². The zero-order chi connectivity index (χ0) is 21.0. The Morgan fingerprint density at radius 1 is 1.00 bits per heavy atom. The summed E-state index contributed by atoms with van der Waals surface area (Å²) in [5.74, 6) is 0.326. The fourth-order valence-electron chi connectivity index (χ4n) is 3.62. The van der Waals surface area contributed by atoms with Gasteiger partial charge in [-0.15, -0.1) is 10.2 Å². The van der Waals surface area contributed by atoms with E-state index >= 15 is 0 Å². The summed E-state index contributed by atoms with van der Waals surface area (Å²) in [5, 5.41) is 18.6. The van der Waals surface area contributed by atoms with Gasteiger partial charge in [-0.1, -0.05) is 55.0 Å². The zero-order valence-corrected chi connectivity index (χ0v) is 17.2. The number of nitriles is 1. The van der Waals surface area contributed by atoms with E-state index in [1.165, 1.54) is 12.1 Å². The molecule has 0 saturated carbocycles. The van der Waals surface area contributed by atoms with E-state index in [9.17, 15) is 13.7 Å². The molecule has 0 radical (unpaired) electrons. The molecule has 3 aromatic rings. The van der Waals surface area contributed by atoms with Crippen LogP contribution in [0, 0.1) is 11.3 Å². The van der Waals surface area contributed by atoms with Gasteiger partial charge in [0.15, 0.2) is 5.82 Å². The van der Waals surface area contributed by atoms with E-state index in [0.29, 0.717) is 17.9 Å². The minimum atomic E-state index is -4.00. The maximum Gasteiger partial charge on any atom is 0.282 e. The molecule has 0 amide bonds. The van der Waals surface area contributed by atoms with Crippen molar-refractivity contribution in [2.75, 3.05) is 0 Å². The molecular formula is C22H21N5O2S. The normalized spacial score (nSPS) is 15.6. The Hall–Kier alpha value is -3.31. The third kappa shape index (κ3) is 4.02. The Morgan fingerprint density at radius 2 is 1.70 bits per heavy atom. The highest BCUT2D eigenvalue weighted by atomic mass is 32.2. The number of fused-ring (bicyclic) bond motifs is 1. The molecule has 4 rings (SSSR count). The summed E-state index contributed by atoms with van der Waals surface area (Å²) >= 11 is 0. The van der Waals surface area contributed by atoms with Crippen molar-refractivity contribution in [1.82, 2.24) is 14.8 Å². The van der Waals surface area contributed by atoms with Crippen LogP contribution in [0.4, 0.5) is 0 Å². The lowest BCUT2D eigenvalue weighted by atomic mass is 9.97. The van der Waals surface area contributed by atoms with Gasteiger partial charge in [-0.05, 0) is 30.5 Å². The van der Waals surface area contributed by atoms with E-state index in [2.05, 4.69) is 20.7 Å². The Labute approximate surface area is 175 Å². The van der Waals surface area contributed by atoms with E-state index in [-0.39, 0.29) is 10.6 Å². The van der Waals surface area contributed by atoms with Crippen LogP contribution < -0.4 is 0 Å². The topological polar surface area (TPSA) is 101 Å². The van der Waals surface area contributed by atoms with Crippen LogP contribution in [0.2, 0.25) is 0 Å². The van der Waals surface area contributed by atoms with Gasteiger partial charge in [0.1, 0.15) is 11.7 Å². The summed E-state index contributed by atoms with van der Waals surface area (Å²) < 4.78 is 32.1. The van der Waals surface area contributed by atoms with E-state index in [0.717, 1.165) is 31.5 Å². The number of benzene rings is 2.